The van der Waals surface area contributed by atoms with Crippen molar-refractivity contribution in [3.8, 4) is 0 Å². The summed E-state index contributed by atoms with van der Waals surface area (Å²) in [4.78, 5) is 0. The Morgan fingerprint density at radius 3 is 2.74 bits per heavy atom. The number of aryl methyl sites for hydroxylation is 1. The van der Waals surface area contributed by atoms with Gasteiger partial charge in [-0.25, -0.2) is 0 Å². The predicted molar refractivity (Wildman–Crippen MR) is 69.2 cm³/mol. The van der Waals surface area contributed by atoms with Crippen LogP contribution in [-0.2, 0) is 22.0 Å². The van der Waals surface area contributed by atoms with Crippen molar-refractivity contribution < 1.29 is 13.2 Å². The molecule has 9 nitrogen and oxygen atoms in total. The Kier molecular flexibility index (Phi) is 3.73. The Balaban J connectivity index is 2.24. The minimum atomic E-state index is -3.69. The number of nitrogens with zero attached hydrogens (tertiary/aromatic N) is 3. The van der Waals surface area contributed by atoms with Gasteiger partial charge in [-0.05, 0) is 0 Å². The Bertz CT molecular complexity index is 575. The summed E-state index contributed by atoms with van der Waals surface area (Å²) in [6.07, 6.45) is 1.35. The number of aromatic nitrogens is 2. The number of nitrogen functional groups attached to an aromatic ring is 1. The van der Waals surface area contributed by atoms with Gasteiger partial charge in [0.25, 0.3) is 0 Å². The van der Waals surface area contributed by atoms with E-state index in [0.29, 0.717) is 26.3 Å². The molecule has 19 heavy (non-hydrogen) atoms. The third kappa shape index (κ3) is 2.85. The number of hydrogen-bond donors (Lipinski definition) is 3. The van der Waals surface area contributed by atoms with Crippen molar-refractivity contribution in [1.82, 2.24) is 14.1 Å². The molecule has 1 aliphatic heterocycles. The molecule has 0 radical (unpaired) electrons. The summed E-state index contributed by atoms with van der Waals surface area (Å²) in [5.41, 5.74) is 5.64. The second-order valence-electron chi connectivity index (χ2n) is 4.06. The summed E-state index contributed by atoms with van der Waals surface area (Å²) in [5, 5.41) is 11.3. The number of ether oxygens (including phenoxy) is 1. The third-order valence-electron chi connectivity index (χ3n) is 2.76. The quantitative estimate of drug-likeness (QED) is 0.468. The monoisotopic (exact) mass is 288 g/mol. The number of hydrogen-bond acceptors (Lipinski definition) is 5. The molecule has 106 valence electrons. The van der Waals surface area contributed by atoms with E-state index >= 15 is 0 Å². The van der Waals surface area contributed by atoms with Crippen LogP contribution in [0.2, 0.25) is 0 Å². The summed E-state index contributed by atoms with van der Waals surface area (Å²) >= 11 is 0. The smallest absolute Gasteiger partial charge is 0.302 e. The van der Waals surface area contributed by atoms with Gasteiger partial charge in [0, 0.05) is 20.1 Å². The molecule has 2 heterocycles. The minimum Gasteiger partial charge on any atom is -0.384 e. The molecule has 1 aromatic rings. The number of amidine groups is 1. The highest BCUT2D eigenvalue weighted by Crippen LogP contribution is 2.17. The first kappa shape index (κ1) is 13.8. The molecule has 0 amide bonds. The fraction of sp³-hybridized carbons (Fsp3) is 0.556. The Morgan fingerprint density at radius 2 is 2.16 bits per heavy atom. The summed E-state index contributed by atoms with van der Waals surface area (Å²) in [6.45, 7) is 1.32. The van der Waals surface area contributed by atoms with E-state index in [0.717, 1.165) is 0 Å². The highest BCUT2D eigenvalue weighted by molar-refractivity contribution is 7.90. The molecule has 1 saturated heterocycles. The van der Waals surface area contributed by atoms with E-state index in [-0.39, 0.29) is 17.2 Å². The van der Waals surface area contributed by atoms with Gasteiger partial charge in [0.1, 0.15) is 11.7 Å². The van der Waals surface area contributed by atoms with Crippen LogP contribution in [0.3, 0.4) is 0 Å². The third-order valence-corrected chi connectivity index (χ3v) is 4.26. The van der Waals surface area contributed by atoms with E-state index in [1.807, 2.05) is 0 Å². The molecule has 0 aromatic carbocycles. The molecule has 0 atom stereocenters. The normalized spacial score (nSPS) is 17.3. The fourth-order valence-electron chi connectivity index (χ4n) is 1.73. The molecule has 0 bridgehead atoms. The van der Waals surface area contributed by atoms with Gasteiger partial charge in [-0.3, -0.25) is 14.8 Å². The van der Waals surface area contributed by atoms with Gasteiger partial charge in [0.2, 0.25) is 0 Å². The number of morpholine rings is 1. The maximum atomic E-state index is 12.2. The molecule has 1 aromatic heterocycles. The van der Waals surface area contributed by atoms with Gasteiger partial charge in [0.05, 0.1) is 25.0 Å². The van der Waals surface area contributed by atoms with E-state index in [9.17, 15) is 8.42 Å². The predicted octanol–water partition coefficient (Wildman–Crippen LogP) is -1.31. The molecule has 1 fully saturated rings. The van der Waals surface area contributed by atoms with E-state index < -0.39 is 10.2 Å². The molecule has 0 unspecified atom stereocenters. The molecule has 0 aliphatic carbocycles. The Hall–Kier alpha value is -1.65. The van der Waals surface area contributed by atoms with Crippen molar-refractivity contribution in [3.63, 3.8) is 0 Å². The van der Waals surface area contributed by atoms with Gasteiger partial charge in [-0.1, -0.05) is 0 Å². The van der Waals surface area contributed by atoms with E-state index in [1.165, 1.54) is 15.2 Å². The summed E-state index contributed by atoms with van der Waals surface area (Å²) in [6, 6.07) is 0. The zero-order valence-corrected chi connectivity index (χ0v) is 11.3. The van der Waals surface area contributed by atoms with Crippen LogP contribution in [0.15, 0.2) is 6.20 Å². The lowest BCUT2D eigenvalue weighted by Gasteiger charge is -2.26. The Morgan fingerprint density at radius 1 is 1.53 bits per heavy atom. The minimum absolute atomic E-state index is 0.180. The van der Waals surface area contributed by atoms with Crippen LogP contribution < -0.4 is 10.5 Å². The topological polar surface area (TPSA) is 126 Å². The van der Waals surface area contributed by atoms with Gasteiger partial charge in [0.15, 0.2) is 0 Å². The first-order chi connectivity index (χ1) is 8.92. The van der Waals surface area contributed by atoms with Crippen LogP contribution in [0.25, 0.3) is 0 Å². The van der Waals surface area contributed by atoms with E-state index in [4.69, 9.17) is 15.9 Å². The molecule has 1 aliphatic rings. The van der Waals surface area contributed by atoms with Crippen LogP contribution in [-0.4, -0.2) is 54.6 Å². The average Bonchev–Trinajstić information content (AvgIpc) is 2.72. The van der Waals surface area contributed by atoms with Gasteiger partial charge in [-0.15, -0.1) is 0 Å². The van der Waals surface area contributed by atoms with Gasteiger partial charge >= 0.3 is 10.2 Å². The average molecular weight is 288 g/mol. The van der Waals surface area contributed by atoms with Crippen molar-refractivity contribution in [3.05, 3.63) is 11.8 Å². The number of nitrogens with one attached hydrogen (secondary N) is 2. The number of rotatable bonds is 4. The summed E-state index contributed by atoms with van der Waals surface area (Å²) in [7, 11) is -2.12. The first-order valence-corrected chi connectivity index (χ1v) is 7.08. The maximum absolute atomic E-state index is 12.2. The van der Waals surface area contributed by atoms with Crippen molar-refractivity contribution in [2.24, 2.45) is 12.8 Å². The zero-order valence-electron chi connectivity index (χ0n) is 10.5. The number of anilines is 1. The van der Waals surface area contributed by atoms with Crippen LogP contribution in [0, 0.1) is 5.41 Å². The lowest BCUT2D eigenvalue weighted by molar-refractivity contribution is 0.0733. The fourth-order valence-corrected chi connectivity index (χ4v) is 2.97. The second-order valence-corrected chi connectivity index (χ2v) is 5.73. The van der Waals surface area contributed by atoms with Crippen molar-refractivity contribution >= 4 is 21.9 Å². The highest BCUT2D eigenvalue weighted by Gasteiger charge is 2.26. The first-order valence-electron chi connectivity index (χ1n) is 5.64. The van der Waals surface area contributed by atoms with Crippen LogP contribution >= 0.6 is 0 Å². The molecular weight excluding hydrogens is 272 g/mol. The van der Waals surface area contributed by atoms with Crippen LogP contribution in [0.5, 0.6) is 0 Å². The van der Waals surface area contributed by atoms with Crippen molar-refractivity contribution in [2.75, 3.05) is 31.0 Å². The van der Waals surface area contributed by atoms with E-state index in [2.05, 4.69) is 9.82 Å². The summed E-state index contributed by atoms with van der Waals surface area (Å²) in [5.74, 6) is -0.0632. The van der Waals surface area contributed by atoms with Crippen molar-refractivity contribution in [1.29, 1.82) is 5.41 Å². The Labute approximate surface area is 111 Å². The largest absolute Gasteiger partial charge is 0.384 e. The molecular formula is C9H16N6O3S. The summed E-state index contributed by atoms with van der Waals surface area (Å²) < 4.78 is 34.5. The molecule has 10 heteroatoms. The highest BCUT2D eigenvalue weighted by atomic mass is 32.2. The van der Waals surface area contributed by atoms with Gasteiger partial charge in [-0.2, -0.15) is 17.8 Å². The second kappa shape index (κ2) is 5.15. The SMILES string of the molecule is Cn1ncc(C(=N)N)c1NS(=O)(=O)N1CCOCC1. The lowest BCUT2D eigenvalue weighted by atomic mass is 10.3. The number of nitrogens with two attached hydrogens (primary N) is 1. The molecule has 2 rings (SSSR count). The van der Waals surface area contributed by atoms with Gasteiger partial charge < -0.3 is 10.5 Å². The van der Waals surface area contributed by atoms with Crippen LogP contribution in [0.4, 0.5) is 5.82 Å². The molecule has 0 spiro atoms. The maximum Gasteiger partial charge on any atom is 0.302 e. The molecule has 4 N–H and O–H groups in total. The lowest BCUT2D eigenvalue weighted by Crippen LogP contribution is -2.44. The zero-order chi connectivity index (χ0) is 14.0. The standard InChI is InChI=1S/C9H16N6O3S/c1-14-9(7(6-12-14)8(10)11)13-19(16,17)15-2-4-18-5-3-15/h6,13H,2-5H2,1H3,(H3,10,11). The van der Waals surface area contributed by atoms with Crippen molar-refractivity contribution in [2.45, 2.75) is 0 Å². The molecule has 0 saturated carbocycles. The van der Waals surface area contributed by atoms with E-state index in [1.54, 1.807) is 7.05 Å². The van der Waals surface area contributed by atoms with Crippen LogP contribution in [0.1, 0.15) is 5.56 Å².